The Hall–Kier alpha value is -2.31. The van der Waals surface area contributed by atoms with Crippen LogP contribution in [0.15, 0.2) is 66.7 Å². The minimum Gasteiger partial charge on any atom is -0.308 e. The fourth-order valence-corrected chi connectivity index (χ4v) is 4.17. The number of nitrogens with one attached hydrogen (secondary N) is 1. The van der Waals surface area contributed by atoms with E-state index in [0.717, 1.165) is 5.56 Å². The number of hydrogen-bond acceptors (Lipinski definition) is 3. The molecule has 1 aliphatic heterocycles. The number of rotatable bonds is 5. The monoisotopic (exact) mass is 477 g/mol. The van der Waals surface area contributed by atoms with E-state index in [-0.39, 0.29) is 17.6 Å². The SMILES string of the molecule is O=C(C1CNN(c2cc(Cl)ccc2Cl)C1)N(Cc1cccc(Cl)c1)c1ccc(F)cc1. The van der Waals surface area contributed by atoms with Crippen molar-refractivity contribution >= 4 is 52.1 Å². The Labute approximate surface area is 195 Å². The summed E-state index contributed by atoms with van der Waals surface area (Å²) in [6.07, 6.45) is 0. The van der Waals surface area contributed by atoms with Crippen LogP contribution in [0.3, 0.4) is 0 Å². The second-order valence-electron chi connectivity index (χ2n) is 7.30. The van der Waals surface area contributed by atoms with Gasteiger partial charge in [-0.3, -0.25) is 4.79 Å². The number of nitrogens with zero attached hydrogens (tertiary/aromatic N) is 2. The van der Waals surface area contributed by atoms with Crippen molar-refractivity contribution in [3.05, 3.63) is 93.2 Å². The highest BCUT2D eigenvalue weighted by Gasteiger charge is 2.33. The zero-order chi connectivity index (χ0) is 22.0. The van der Waals surface area contributed by atoms with Crippen LogP contribution in [-0.2, 0) is 11.3 Å². The van der Waals surface area contributed by atoms with Gasteiger partial charge >= 0.3 is 0 Å². The molecule has 1 amide bonds. The fraction of sp³-hybridized carbons (Fsp3) is 0.174. The second-order valence-corrected chi connectivity index (χ2v) is 8.58. The first-order chi connectivity index (χ1) is 14.9. The Bertz CT molecular complexity index is 1090. The predicted octanol–water partition coefficient (Wildman–Crippen LogP) is 5.96. The number of benzene rings is 3. The van der Waals surface area contributed by atoms with Crippen LogP contribution in [-0.4, -0.2) is 19.0 Å². The summed E-state index contributed by atoms with van der Waals surface area (Å²) >= 11 is 18.5. The highest BCUT2D eigenvalue weighted by molar-refractivity contribution is 6.35. The molecule has 1 heterocycles. The summed E-state index contributed by atoms with van der Waals surface area (Å²) in [5.41, 5.74) is 5.43. The van der Waals surface area contributed by atoms with Crippen molar-refractivity contribution in [1.29, 1.82) is 0 Å². The molecule has 31 heavy (non-hydrogen) atoms. The first-order valence-electron chi connectivity index (χ1n) is 9.68. The Balaban J connectivity index is 1.58. The van der Waals surface area contributed by atoms with Crippen molar-refractivity contribution in [1.82, 2.24) is 5.43 Å². The van der Waals surface area contributed by atoms with Crippen LogP contribution >= 0.6 is 34.8 Å². The molecule has 4 rings (SSSR count). The van der Waals surface area contributed by atoms with Gasteiger partial charge in [-0.15, -0.1) is 0 Å². The van der Waals surface area contributed by atoms with Gasteiger partial charge < -0.3 is 9.91 Å². The number of hydrazine groups is 1. The van der Waals surface area contributed by atoms with Gasteiger partial charge in [0.2, 0.25) is 5.91 Å². The van der Waals surface area contributed by atoms with Crippen LogP contribution in [0.1, 0.15) is 5.56 Å². The van der Waals surface area contributed by atoms with E-state index >= 15 is 0 Å². The van der Waals surface area contributed by atoms with Gasteiger partial charge in [-0.1, -0.05) is 46.9 Å². The molecular weight excluding hydrogens is 460 g/mol. The summed E-state index contributed by atoms with van der Waals surface area (Å²) in [4.78, 5) is 15.2. The van der Waals surface area contributed by atoms with Crippen LogP contribution in [0.2, 0.25) is 15.1 Å². The number of anilines is 2. The molecule has 0 bridgehead atoms. The lowest BCUT2D eigenvalue weighted by Crippen LogP contribution is -2.38. The molecule has 1 unspecified atom stereocenters. The molecule has 0 radical (unpaired) electrons. The van der Waals surface area contributed by atoms with E-state index in [4.69, 9.17) is 34.8 Å². The largest absolute Gasteiger partial charge is 0.308 e. The average molecular weight is 479 g/mol. The third-order valence-electron chi connectivity index (χ3n) is 5.11. The first kappa shape index (κ1) is 21.9. The van der Waals surface area contributed by atoms with Gasteiger partial charge in [0.05, 0.1) is 23.2 Å². The topological polar surface area (TPSA) is 35.6 Å². The minimum absolute atomic E-state index is 0.0836. The molecule has 8 heteroatoms. The van der Waals surface area contributed by atoms with E-state index in [9.17, 15) is 9.18 Å². The number of carbonyl (C=O) groups is 1. The highest BCUT2D eigenvalue weighted by Crippen LogP contribution is 2.31. The van der Waals surface area contributed by atoms with Crippen LogP contribution in [0, 0.1) is 11.7 Å². The molecule has 160 valence electrons. The van der Waals surface area contributed by atoms with Gasteiger partial charge in [0.1, 0.15) is 5.82 Å². The van der Waals surface area contributed by atoms with Crippen molar-refractivity contribution in [2.45, 2.75) is 6.54 Å². The zero-order valence-corrected chi connectivity index (χ0v) is 18.6. The van der Waals surface area contributed by atoms with Gasteiger partial charge in [-0.2, -0.15) is 0 Å². The Morgan fingerprint density at radius 2 is 1.77 bits per heavy atom. The van der Waals surface area contributed by atoms with Crippen LogP contribution in [0.5, 0.6) is 0 Å². The van der Waals surface area contributed by atoms with Crippen LogP contribution in [0.25, 0.3) is 0 Å². The normalized spacial score (nSPS) is 15.9. The van der Waals surface area contributed by atoms with E-state index in [2.05, 4.69) is 5.43 Å². The molecule has 0 aliphatic carbocycles. The molecule has 1 atom stereocenters. The molecule has 1 aliphatic rings. The maximum Gasteiger partial charge on any atom is 0.233 e. The smallest absolute Gasteiger partial charge is 0.233 e. The Morgan fingerprint density at radius 3 is 2.52 bits per heavy atom. The minimum atomic E-state index is -0.358. The highest BCUT2D eigenvalue weighted by atomic mass is 35.5. The number of carbonyl (C=O) groups excluding carboxylic acids is 1. The van der Waals surface area contributed by atoms with Crippen molar-refractivity contribution in [2.75, 3.05) is 23.0 Å². The van der Waals surface area contributed by atoms with E-state index in [1.807, 2.05) is 23.2 Å². The lowest BCUT2D eigenvalue weighted by Gasteiger charge is -2.26. The molecule has 0 saturated carbocycles. The van der Waals surface area contributed by atoms with Gasteiger partial charge in [-0.05, 0) is 60.2 Å². The standard InChI is InChI=1S/C23H19Cl3FN3O/c24-17-3-1-2-15(10-17)13-29(20-7-5-19(27)6-8-20)23(31)16-12-28-30(14-16)22-11-18(25)4-9-21(22)26/h1-11,16,28H,12-14H2. The maximum atomic E-state index is 13.5. The Morgan fingerprint density at radius 1 is 1.03 bits per heavy atom. The van der Waals surface area contributed by atoms with Crippen molar-refractivity contribution in [3.63, 3.8) is 0 Å². The summed E-state index contributed by atoms with van der Waals surface area (Å²) < 4.78 is 13.5. The average Bonchev–Trinajstić information content (AvgIpc) is 3.24. The molecule has 1 N–H and O–H groups in total. The number of amides is 1. The molecule has 1 saturated heterocycles. The van der Waals surface area contributed by atoms with Gasteiger partial charge in [0.25, 0.3) is 0 Å². The van der Waals surface area contributed by atoms with Crippen molar-refractivity contribution < 1.29 is 9.18 Å². The van der Waals surface area contributed by atoms with Crippen LogP contribution < -0.4 is 15.3 Å². The fourth-order valence-electron chi connectivity index (χ4n) is 3.57. The van der Waals surface area contributed by atoms with Gasteiger partial charge in [0, 0.05) is 28.8 Å². The summed E-state index contributed by atoms with van der Waals surface area (Å²) in [6, 6.07) is 18.4. The second kappa shape index (κ2) is 9.45. The Kier molecular flexibility index (Phi) is 6.68. The zero-order valence-electron chi connectivity index (χ0n) is 16.4. The summed E-state index contributed by atoms with van der Waals surface area (Å²) in [5, 5.41) is 3.52. The summed E-state index contributed by atoms with van der Waals surface area (Å²) in [5.74, 6) is -0.776. The van der Waals surface area contributed by atoms with Crippen molar-refractivity contribution in [3.8, 4) is 0 Å². The summed E-state index contributed by atoms with van der Waals surface area (Å²) in [6.45, 7) is 1.18. The van der Waals surface area contributed by atoms with E-state index in [0.29, 0.717) is 46.1 Å². The number of halogens is 4. The van der Waals surface area contributed by atoms with E-state index in [1.54, 1.807) is 41.3 Å². The molecule has 3 aromatic rings. The van der Waals surface area contributed by atoms with E-state index in [1.165, 1.54) is 12.1 Å². The first-order valence-corrected chi connectivity index (χ1v) is 10.8. The lowest BCUT2D eigenvalue weighted by atomic mass is 10.1. The quantitative estimate of drug-likeness (QED) is 0.491. The maximum absolute atomic E-state index is 13.5. The van der Waals surface area contributed by atoms with Gasteiger partial charge in [-0.25, -0.2) is 9.82 Å². The summed E-state index contributed by atoms with van der Waals surface area (Å²) in [7, 11) is 0. The van der Waals surface area contributed by atoms with E-state index < -0.39 is 0 Å². The third kappa shape index (κ3) is 5.13. The van der Waals surface area contributed by atoms with Gasteiger partial charge in [0.15, 0.2) is 0 Å². The molecule has 0 spiro atoms. The van der Waals surface area contributed by atoms with Crippen LogP contribution in [0.4, 0.5) is 15.8 Å². The number of hydrogen-bond donors (Lipinski definition) is 1. The molecular formula is C23H19Cl3FN3O. The third-order valence-corrected chi connectivity index (χ3v) is 5.90. The molecule has 1 fully saturated rings. The molecule has 0 aromatic heterocycles. The molecule has 3 aromatic carbocycles. The van der Waals surface area contributed by atoms with Crippen molar-refractivity contribution in [2.24, 2.45) is 5.92 Å². The predicted molar refractivity (Wildman–Crippen MR) is 124 cm³/mol. The lowest BCUT2D eigenvalue weighted by molar-refractivity contribution is -0.121. The molecule has 4 nitrogen and oxygen atoms in total.